The number of hydrogen-bond acceptors (Lipinski definition) is 4. The van der Waals surface area contributed by atoms with E-state index < -0.39 is 0 Å². The average Bonchev–Trinajstić information content (AvgIpc) is 3.38. The second-order valence-corrected chi connectivity index (χ2v) is 7.47. The summed E-state index contributed by atoms with van der Waals surface area (Å²) in [6, 6.07) is 10.0. The topological polar surface area (TPSA) is 58.6 Å². The molecule has 1 aliphatic heterocycles. The number of benzene rings is 1. The van der Waals surface area contributed by atoms with Crippen molar-refractivity contribution in [3.63, 3.8) is 0 Å². The maximum absolute atomic E-state index is 12.8. The van der Waals surface area contributed by atoms with Crippen molar-refractivity contribution in [3.05, 3.63) is 58.7 Å². The summed E-state index contributed by atoms with van der Waals surface area (Å²) in [5, 5.41) is 4.06. The first-order valence-electron chi connectivity index (χ1n) is 9.61. The smallest absolute Gasteiger partial charge is 0.287 e. The molecule has 0 saturated carbocycles. The van der Waals surface area contributed by atoms with Crippen LogP contribution < -0.4 is 5.32 Å². The zero-order valence-electron chi connectivity index (χ0n) is 16.2. The Hall–Kier alpha value is -2.53. The molecule has 1 saturated heterocycles. The molecule has 1 aliphatic rings. The SMILES string of the molecule is Cc1ccc2oc(C(=O)NC[C@H](c3ccc(C)o3)N3CCCC3)c(C)c2c1. The van der Waals surface area contributed by atoms with Crippen molar-refractivity contribution in [1.29, 1.82) is 0 Å². The van der Waals surface area contributed by atoms with E-state index in [-0.39, 0.29) is 11.9 Å². The zero-order chi connectivity index (χ0) is 19.0. The van der Waals surface area contributed by atoms with Crippen molar-refractivity contribution >= 4 is 16.9 Å². The summed E-state index contributed by atoms with van der Waals surface area (Å²) in [5.74, 6) is 2.02. The van der Waals surface area contributed by atoms with E-state index in [0.717, 1.165) is 46.7 Å². The van der Waals surface area contributed by atoms with Crippen LogP contribution in [0.4, 0.5) is 0 Å². The van der Waals surface area contributed by atoms with Gasteiger partial charge in [-0.1, -0.05) is 11.6 Å². The molecule has 2 aromatic heterocycles. The molecule has 0 aliphatic carbocycles. The quantitative estimate of drug-likeness (QED) is 0.721. The normalized spacial score (nSPS) is 16.1. The Labute approximate surface area is 159 Å². The van der Waals surface area contributed by atoms with Crippen LogP contribution in [0.2, 0.25) is 0 Å². The number of fused-ring (bicyclic) bond motifs is 1. The summed E-state index contributed by atoms with van der Waals surface area (Å²) in [6.07, 6.45) is 2.37. The van der Waals surface area contributed by atoms with Gasteiger partial charge in [0.15, 0.2) is 5.76 Å². The monoisotopic (exact) mass is 366 g/mol. The predicted molar refractivity (Wildman–Crippen MR) is 105 cm³/mol. The van der Waals surface area contributed by atoms with E-state index >= 15 is 0 Å². The standard InChI is InChI=1S/C22H26N2O3/c1-14-6-8-19-17(12-14)16(3)21(27-19)22(25)23-13-18(24-10-4-5-11-24)20-9-7-15(2)26-20/h6-9,12,18H,4-5,10-11,13H2,1-3H3,(H,23,25)/t18-/m1/s1. The van der Waals surface area contributed by atoms with Gasteiger partial charge in [0.1, 0.15) is 17.1 Å². The number of furan rings is 2. The lowest BCUT2D eigenvalue weighted by atomic mass is 10.1. The lowest BCUT2D eigenvalue weighted by Crippen LogP contribution is -2.36. The number of rotatable bonds is 5. The van der Waals surface area contributed by atoms with E-state index in [1.54, 1.807) is 0 Å². The Bertz CT molecular complexity index is 963. The molecule has 0 spiro atoms. The minimum absolute atomic E-state index is 0.0529. The first-order chi connectivity index (χ1) is 13.0. The zero-order valence-corrected chi connectivity index (χ0v) is 16.2. The van der Waals surface area contributed by atoms with E-state index in [2.05, 4.69) is 16.3 Å². The lowest BCUT2D eigenvalue weighted by Gasteiger charge is -2.25. The van der Waals surface area contributed by atoms with Crippen LogP contribution in [-0.4, -0.2) is 30.4 Å². The molecule has 4 rings (SSSR count). The number of nitrogens with one attached hydrogen (secondary N) is 1. The molecule has 1 amide bonds. The van der Waals surface area contributed by atoms with Crippen LogP contribution in [0.5, 0.6) is 0 Å². The second kappa shape index (κ2) is 7.24. The van der Waals surface area contributed by atoms with Crippen LogP contribution in [0.1, 0.15) is 52.1 Å². The highest BCUT2D eigenvalue weighted by Crippen LogP contribution is 2.28. The summed E-state index contributed by atoms with van der Waals surface area (Å²) >= 11 is 0. The number of aryl methyl sites for hydroxylation is 3. The Morgan fingerprint density at radius 2 is 1.89 bits per heavy atom. The fourth-order valence-electron chi connectivity index (χ4n) is 3.92. The maximum Gasteiger partial charge on any atom is 0.287 e. The van der Waals surface area contributed by atoms with Crippen molar-refractivity contribution in [3.8, 4) is 0 Å². The highest BCUT2D eigenvalue weighted by molar-refractivity contribution is 5.99. The molecular weight excluding hydrogens is 340 g/mol. The van der Waals surface area contributed by atoms with Crippen LogP contribution in [-0.2, 0) is 0 Å². The van der Waals surface area contributed by atoms with Gasteiger partial charge >= 0.3 is 0 Å². The number of carbonyl (C=O) groups is 1. The Morgan fingerprint density at radius 1 is 1.11 bits per heavy atom. The number of carbonyl (C=O) groups excluding carboxylic acids is 1. The summed E-state index contributed by atoms with van der Waals surface area (Å²) in [5.41, 5.74) is 2.79. The summed E-state index contributed by atoms with van der Waals surface area (Å²) in [4.78, 5) is 15.2. The number of hydrogen-bond donors (Lipinski definition) is 1. The molecule has 142 valence electrons. The second-order valence-electron chi connectivity index (χ2n) is 7.47. The lowest BCUT2D eigenvalue weighted by molar-refractivity contribution is 0.0907. The molecule has 0 bridgehead atoms. The minimum atomic E-state index is -0.172. The molecule has 1 fully saturated rings. The van der Waals surface area contributed by atoms with Gasteiger partial charge in [0.2, 0.25) is 0 Å². The Morgan fingerprint density at radius 3 is 2.59 bits per heavy atom. The van der Waals surface area contributed by atoms with Crippen molar-refractivity contribution in [2.24, 2.45) is 0 Å². The first-order valence-corrected chi connectivity index (χ1v) is 9.61. The first kappa shape index (κ1) is 17.9. The maximum atomic E-state index is 12.8. The summed E-state index contributed by atoms with van der Waals surface area (Å²) < 4.78 is 11.7. The molecule has 3 aromatic rings. The Balaban J connectivity index is 1.53. The predicted octanol–water partition coefficient (Wildman–Crippen LogP) is 4.52. The van der Waals surface area contributed by atoms with Gasteiger partial charge in [-0.05, 0) is 71.0 Å². The molecule has 0 unspecified atom stereocenters. The van der Waals surface area contributed by atoms with Gasteiger partial charge in [-0.15, -0.1) is 0 Å². The Kier molecular flexibility index (Phi) is 4.79. The number of amides is 1. The molecule has 3 heterocycles. The van der Waals surface area contributed by atoms with E-state index in [4.69, 9.17) is 8.83 Å². The van der Waals surface area contributed by atoms with E-state index in [1.807, 2.05) is 45.0 Å². The van der Waals surface area contributed by atoms with Gasteiger partial charge in [0.05, 0.1) is 6.04 Å². The molecule has 27 heavy (non-hydrogen) atoms. The minimum Gasteiger partial charge on any atom is -0.465 e. The molecule has 1 atom stereocenters. The third kappa shape index (κ3) is 3.52. The fraction of sp³-hybridized carbons (Fsp3) is 0.409. The van der Waals surface area contributed by atoms with Crippen molar-refractivity contribution < 1.29 is 13.6 Å². The van der Waals surface area contributed by atoms with Crippen LogP contribution in [0.25, 0.3) is 11.0 Å². The van der Waals surface area contributed by atoms with Crippen molar-refractivity contribution in [2.45, 2.75) is 39.7 Å². The molecule has 0 radical (unpaired) electrons. The van der Waals surface area contributed by atoms with Crippen molar-refractivity contribution in [1.82, 2.24) is 10.2 Å². The average molecular weight is 366 g/mol. The van der Waals surface area contributed by atoms with Crippen LogP contribution >= 0.6 is 0 Å². The summed E-state index contributed by atoms with van der Waals surface area (Å²) in [7, 11) is 0. The largest absolute Gasteiger partial charge is 0.465 e. The van der Waals surface area contributed by atoms with Gasteiger partial charge in [-0.3, -0.25) is 9.69 Å². The van der Waals surface area contributed by atoms with Gasteiger partial charge in [-0.25, -0.2) is 0 Å². The fourth-order valence-corrected chi connectivity index (χ4v) is 3.92. The molecule has 1 aromatic carbocycles. The number of likely N-dealkylation sites (tertiary alicyclic amines) is 1. The third-order valence-electron chi connectivity index (χ3n) is 5.42. The van der Waals surface area contributed by atoms with Gasteiger partial charge < -0.3 is 14.2 Å². The third-order valence-corrected chi connectivity index (χ3v) is 5.42. The molecular formula is C22H26N2O3. The molecule has 1 N–H and O–H groups in total. The molecule has 5 heteroatoms. The highest BCUT2D eigenvalue weighted by atomic mass is 16.3. The van der Waals surface area contributed by atoms with Crippen molar-refractivity contribution in [2.75, 3.05) is 19.6 Å². The van der Waals surface area contributed by atoms with Gasteiger partial charge in [0.25, 0.3) is 5.91 Å². The van der Waals surface area contributed by atoms with Crippen LogP contribution in [0.3, 0.4) is 0 Å². The number of nitrogens with zero attached hydrogens (tertiary/aromatic N) is 1. The van der Waals surface area contributed by atoms with Crippen LogP contribution in [0.15, 0.2) is 39.2 Å². The summed E-state index contributed by atoms with van der Waals surface area (Å²) in [6.45, 7) is 8.49. The van der Waals surface area contributed by atoms with Crippen LogP contribution in [0, 0.1) is 20.8 Å². The van der Waals surface area contributed by atoms with Gasteiger partial charge in [0, 0.05) is 17.5 Å². The van der Waals surface area contributed by atoms with E-state index in [9.17, 15) is 4.79 Å². The highest BCUT2D eigenvalue weighted by Gasteiger charge is 2.27. The molecule has 5 nitrogen and oxygen atoms in total. The van der Waals surface area contributed by atoms with E-state index in [1.165, 1.54) is 12.8 Å². The van der Waals surface area contributed by atoms with Gasteiger partial charge in [-0.2, -0.15) is 0 Å². The van der Waals surface area contributed by atoms with E-state index in [0.29, 0.717) is 12.3 Å².